The fourth-order valence-corrected chi connectivity index (χ4v) is 2.17. The maximum absolute atomic E-state index is 6.25. The summed E-state index contributed by atoms with van der Waals surface area (Å²) in [6.07, 6.45) is 2.16. The number of nitrogen functional groups attached to an aromatic ring is 1. The number of benzene rings is 1. The van der Waals surface area contributed by atoms with Crippen LogP contribution in [-0.2, 0) is 12.8 Å². The van der Waals surface area contributed by atoms with Gasteiger partial charge in [0.25, 0.3) is 0 Å². The summed E-state index contributed by atoms with van der Waals surface area (Å²) >= 11 is 0. The first kappa shape index (κ1) is 13.1. The zero-order valence-electron chi connectivity index (χ0n) is 11.3. The Labute approximate surface area is 100 Å². The van der Waals surface area contributed by atoms with Crippen LogP contribution < -0.4 is 5.73 Å². The second-order valence-corrected chi connectivity index (χ2v) is 5.69. The van der Waals surface area contributed by atoms with Crippen LogP contribution in [0.25, 0.3) is 0 Å². The summed E-state index contributed by atoms with van der Waals surface area (Å²) in [4.78, 5) is 0. The monoisotopic (exact) mass is 219 g/mol. The highest BCUT2D eigenvalue weighted by Gasteiger charge is 2.09. The van der Waals surface area contributed by atoms with Gasteiger partial charge in [0.05, 0.1) is 0 Å². The van der Waals surface area contributed by atoms with Gasteiger partial charge in [-0.05, 0) is 42.7 Å². The minimum atomic E-state index is 0.663. The summed E-state index contributed by atoms with van der Waals surface area (Å²) in [6, 6.07) is 4.47. The van der Waals surface area contributed by atoms with Crippen molar-refractivity contribution in [2.45, 2.75) is 47.5 Å². The summed E-state index contributed by atoms with van der Waals surface area (Å²) in [6.45, 7) is 11.1. The quantitative estimate of drug-likeness (QED) is 0.762. The SMILES string of the molecule is Cc1cc(CC(C)C)c(N)c(CC(C)C)c1. The van der Waals surface area contributed by atoms with E-state index in [1.165, 1.54) is 16.7 Å². The van der Waals surface area contributed by atoms with Crippen molar-refractivity contribution in [1.82, 2.24) is 0 Å². The Bertz CT molecular complexity index is 319. The van der Waals surface area contributed by atoms with Gasteiger partial charge in [-0.2, -0.15) is 0 Å². The van der Waals surface area contributed by atoms with Crippen LogP contribution in [0.4, 0.5) is 5.69 Å². The summed E-state index contributed by atoms with van der Waals surface area (Å²) < 4.78 is 0. The van der Waals surface area contributed by atoms with E-state index < -0.39 is 0 Å². The van der Waals surface area contributed by atoms with Crippen LogP contribution in [-0.4, -0.2) is 0 Å². The molecule has 0 unspecified atom stereocenters. The molecular weight excluding hydrogens is 194 g/mol. The van der Waals surface area contributed by atoms with Crippen LogP contribution in [0.5, 0.6) is 0 Å². The Morgan fingerprint density at radius 1 is 0.938 bits per heavy atom. The number of aryl methyl sites for hydroxylation is 1. The molecule has 0 saturated heterocycles. The molecule has 0 spiro atoms. The highest BCUT2D eigenvalue weighted by molar-refractivity contribution is 5.56. The number of hydrogen-bond acceptors (Lipinski definition) is 1. The average molecular weight is 219 g/mol. The van der Waals surface area contributed by atoms with E-state index >= 15 is 0 Å². The minimum Gasteiger partial charge on any atom is -0.398 e. The van der Waals surface area contributed by atoms with Crippen LogP contribution in [0.3, 0.4) is 0 Å². The second kappa shape index (κ2) is 5.38. The van der Waals surface area contributed by atoms with Crippen LogP contribution in [0.15, 0.2) is 12.1 Å². The Balaban J connectivity index is 3.05. The van der Waals surface area contributed by atoms with Crippen molar-refractivity contribution in [3.63, 3.8) is 0 Å². The maximum atomic E-state index is 6.25. The van der Waals surface area contributed by atoms with E-state index in [1.807, 2.05) is 0 Å². The van der Waals surface area contributed by atoms with E-state index in [9.17, 15) is 0 Å². The molecule has 90 valence electrons. The molecule has 2 N–H and O–H groups in total. The Morgan fingerprint density at radius 3 is 1.62 bits per heavy atom. The zero-order chi connectivity index (χ0) is 12.3. The summed E-state index contributed by atoms with van der Waals surface area (Å²) in [7, 11) is 0. The Morgan fingerprint density at radius 2 is 1.31 bits per heavy atom. The first-order chi connectivity index (χ1) is 7.40. The van der Waals surface area contributed by atoms with E-state index in [1.54, 1.807) is 0 Å². The summed E-state index contributed by atoms with van der Waals surface area (Å²) in [5.74, 6) is 1.33. The molecule has 1 aromatic rings. The predicted molar refractivity (Wildman–Crippen MR) is 72.7 cm³/mol. The van der Waals surface area contributed by atoms with Gasteiger partial charge in [0.15, 0.2) is 0 Å². The number of rotatable bonds is 4. The molecule has 0 aliphatic heterocycles. The van der Waals surface area contributed by atoms with Crippen molar-refractivity contribution in [3.05, 3.63) is 28.8 Å². The molecule has 0 amide bonds. The lowest BCUT2D eigenvalue weighted by Crippen LogP contribution is -2.06. The molecule has 0 radical (unpaired) electrons. The van der Waals surface area contributed by atoms with Gasteiger partial charge in [0, 0.05) is 5.69 Å². The molecule has 1 heteroatoms. The van der Waals surface area contributed by atoms with Crippen molar-refractivity contribution in [3.8, 4) is 0 Å². The van der Waals surface area contributed by atoms with Gasteiger partial charge in [-0.25, -0.2) is 0 Å². The standard InChI is InChI=1S/C15H25N/c1-10(2)6-13-8-12(5)9-14(15(13)16)7-11(3)4/h8-11H,6-7,16H2,1-5H3. The second-order valence-electron chi connectivity index (χ2n) is 5.69. The number of anilines is 1. The van der Waals surface area contributed by atoms with E-state index in [0.29, 0.717) is 11.8 Å². The summed E-state index contributed by atoms with van der Waals surface area (Å²) in [5, 5.41) is 0. The molecule has 0 fully saturated rings. The van der Waals surface area contributed by atoms with Gasteiger partial charge in [-0.15, -0.1) is 0 Å². The van der Waals surface area contributed by atoms with E-state index in [0.717, 1.165) is 18.5 Å². The lowest BCUT2D eigenvalue weighted by Gasteiger charge is -2.15. The molecule has 0 atom stereocenters. The molecule has 0 saturated carbocycles. The van der Waals surface area contributed by atoms with Gasteiger partial charge in [-0.3, -0.25) is 0 Å². The zero-order valence-corrected chi connectivity index (χ0v) is 11.3. The van der Waals surface area contributed by atoms with Crippen molar-refractivity contribution in [2.75, 3.05) is 5.73 Å². The third kappa shape index (κ3) is 3.55. The highest BCUT2D eigenvalue weighted by Crippen LogP contribution is 2.25. The van der Waals surface area contributed by atoms with Gasteiger partial charge in [0.1, 0.15) is 0 Å². The number of nitrogens with two attached hydrogens (primary N) is 1. The number of hydrogen-bond donors (Lipinski definition) is 1. The largest absolute Gasteiger partial charge is 0.398 e. The lowest BCUT2D eigenvalue weighted by molar-refractivity contribution is 0.637. The van der Waals surface area contributed by atoms with Crippen LogP contribution in [0, 0.1) is 18.8 Å². The van der Waals surface area contributed by atoms with Crippen molar-refractivity contribution in [1.29, 1.82) is 0 Å². The third-order valence-corrected chi connectivity index (χ3v) is 2.75. The molecule has 0 bridgehead atoms. The van der Waals surface area contributed by atoms with Gasteiger partial charge < -0.3 is 5.73 Å². The molecule has 1 nitrogen and oxygen atoms in total. The van der Waals surface area contributed by atoms with Crippen molar-refractivity contribution in [2.24, 2.45) is 11.8 Å². The first-order valence-electron chi connectivity index (χ1n) is 6.28. The normalized spacial score (nSPS) is 11.4. The van der Waals surface area contributed by atoms with Gasteiger partial charge >= 0.3 is 0 Å². The van der Waals surface area contributed by atoms with Crippen LogP contribution in [0.1, 0.15) is 44.4 Å². The first-order valence-corrected chi connectivity index (χ1v) is 6.28. The molecule has 0 aliphatic rings. The highest BCUT2D eigenvalue weighted by atomic mass is 14.6. The van der Waals surface area contributed by atoms with Crippen molar-refractivity contribution >= 4 is 5.69 Å². The smallest absolute Gasteiger partial charge is 0.0379 e. The van der Waals surface area contributed by atoms with Crippen LogP contribution >= 0.6 is 0 Å². The topological polar surface area (TPSA) is 26.0 Å². The molecule has 0 heterocycles. The molecule has 16 heavy (non-hydrogen) atoms. The Kier molecular flexibility index (Phi) is 4.40. The average Bonchev–Trinajstić information content (AvgIpc) is 2.11. The fraction of sp³-hybridized carbons (Fsp3) is 0.600. The van der Waals surface area contributed by atoms with Crippen LogP contribution in [0.2, 0.25) is 0 Å². The molecular formula is C15H25N. The van der Waals surface area contributed by atoms with Gasteiger partial charge in [0.2, 0.25) is 0 Å². The van der Waals surface area contributed by atoms with E-state index in [2.05, 4.69) is 46.8 Å². The summed E-state index contributed by atoms with van der Waals surface area (Å²) in [5.41, 5.74) is 11.3. The molecule has 0 aromatic heterocycles. The lowest BCUT2D eigenvalue weighted by atomic mass is 9.93. The van der Waals surface area contributed by atoms with E-state index in [4.69, 9.17) is 5.73 Å². The molecule has 1 rings (SSSR count). The molecule has 1 aromatic carbocycles. The maximum Gasteiger partial charge on any atom is 0.0379 e. The minimum absolute atomic E-state index is 0.663. The van der Waals surface area contributed by atoms with E-state index in [-0.39, 0.29) is 0 Å². The Hall–Kier alpha value is -0.980. The third-order valence-electron chi connectivity index (χ3n) is 2.75. The van der Waals surface area contributed by atoms with Crippen molar-refractivity contribution < 1.29 is 0 Å². The predicted octanol–water partition coefficient (Wildman–Crippen LogP) is 3.97. The molecule has 0 aliphatic carbocycles. The fourth-order valence-electron chi connectivity index (χ4n) is 2.17. The van der Waals surface area contributed by atoms with Gasteiger partial charge in [-0.1, -0.05) is 45.4 Å².